The summed E-state index contributed by atoms with van der Waals surface area (Å²) in [6.45, 7) is 8.17. The third-order valence-corrected chi connectivity index (χ3v) is 3.61. The van der Waals surface area contributed by atoms with Crippen LogP contribution >= 0.6 is 0 Å². The number of nitrogens with zero attached hydrogens (tertiary/aromatic N) is 1. The van der Waals surface area contributed by atoms with Crippen LogP contribution in [-0.4, -0.2) is 24.2 Å². The van der Waals surface area contributed by atoms with Gasteiger partial charge in [0.1, 0.15) is 11.5 Å². The van der Waals surface area contributed by atoms with E-state index in [0.29, 0.717) is 24.1 Å². The molecule has 0 aliphatic carbocycles. The van der Waals surface area contributed by atoms with E-state index in [9.17, 15) is 4.79 Å². The molecule has 0 saturated heterocycles. The molecule has 2 aromatic rings. The molecular formula is C18H24N2O4. The number of aryl methyl sites for hydroxylation is 1. The highest BCUT2D eigenvalue weighted by molar-refractivity contribution is 5.74. The van der Waals surface area contributed by atoms with Crippen molar-refractivity contribution in [1.29, 1.82) is 0 Å². The SMILES string of the molecule is COC(=O)C(C)Oc1cc(NCc2ncc(C(C)C)o2)ccc1C. The normalized spacial score (nSPS) is 12.1. The number of anilines is 1. The second-order valence-electron chi connectivity index (χ2n) is 5.93. The van der Waals surface area contributed by atoms with E-state index in [-0.39, 0.29) is 0 Å². The molecule has 0 spiro atoms. The summed E-state index contributed by atoms with van der Waals surface area (Å²) in [7, 11) is 1.34. The molecule has 0 aliphatic rings. The average Bonchev–Trinajstić information content (AvgIpc) is 3.04. The first-order valence-corrected chi connectivity index (χ1v) is 7.94. The summed E-state index contributed by atoms with van der Waals surface area (Å²) >= 11 is 0. The largest absolute Gasteiger partial charge is 0.479 e. The highest BCUT2D eigenvalue weighted by Crippen LogP contribution is 2.24. The van der Waals surface area contributed by atoms with Gasteiger partial charge in [0.15, 0.2) is 6.10 Å². The smallest absolute Gasteiger partial charge is 0.346 e. The lowest BCUT2D eigenvalue weighted by atomic mass is 10.2. The summed E-state index contributed by atoms with van der Waals surface area (Å²) in [6.07, 6.45) is 1.09. The highest BCUT2D eigenvalue weighted by Gasteiger charge is 2.16. The van der Waals surface area contributed by atoms with Gasteiger partial charge in [0.05, 0.1) is 19.9 Å². The molecule has 1 aromatic heterocycles. The van der Waals surface area contributed by atoms with Crippen LogP contribution in [0.1, 0.15) is 43.9 Å². The van der Waals surface area contributed by atoms with E-state index in [2.05, 4.69) is 28.9 Å². The fraction of sp³-hybridized carbons (Fsp3) is 0.444. The molecule has 6 heteroatoms. The quantitative estimate of drug-likeness (QED) is 0.780. The Balaban J connectivity index is 2.03. The maximum Gasteiger partial charge on any atom is 0.346 e. The molecule has 130 valence electrons. The third kappa shape index (κ3) is 4.50. The number of aromatic nitrogens is 1. The van der Waals surface area contributed by atoms with Crippen LogP contribution in [-0.2, 0) is 16.1 Å². The van der Waals surface area contributed by atoms with Crippen LogP contribution in [0, 0.1) is 6.92 Å². The van der Waals surface area contributed by atoms with Crippen molar-refractivity contribution in [2.24, 2.45) is 0 Å². The van der Waals surface area contributed by atoms with Gasteiger partial charge in [-0.05, 0) is 25.5 Å². The molecule has 0 aliphatic heterocycles. The Hall–Kier alpha value is -2.50. The predicted octanol–water partition coefficient (Wildman–Crippen LogP) is 3.66. The fourth-order valence-electron chi connectivity index (χ4n) is 2.09. The number of carbonyl (C=O) groups excluding carboxylic acids is 1. The number of hydrogen-bond donors (Lipinski definition) is 1. The molecule has 2 rings (SSSR count). The Kier molecular flexibility index (Phi) is 5.84. The van der Waals surface area contributed by atoms with Gasteiger partial charge < -0.3 is 19.2 Å². The van der Waals surface area contributed by atoms with Gasteiger partial charge in [-0.2, -0.15) is 0 Å². The van der Waals surface area contributed by atoms with Crippen LogP contribution < -0.4 is 10.1 Å². The molecular weight excluding hydrogens is 308 g/mol. The van der Waals surface area contributed by atoms with Crippen molar-refractivity contribution in [2.75, 3.05) is 12.4 Å². The molecule has 0 amide bonds. The van der Waals surface area contributed by atoms with Gasteiger partial charge in [-0.3, -0.25) is 0 Å². The van der Waals surface area contributed by atoms with E-state index in [4.69, 9.17) is 9.15 Å². The second-order valence-corrected chi connectivity index (χ2v) is 5.93. The molecule has 0 bridgehead atoms. The van der Waals surface area contributed by atoms with Crippen molar-refractivity contribution in [3.63, 3.8) is 0 Å². The number of carbonyl (C=O) groups is 1. The number of ether oxygens (including phenoxy) is 2. The Morgan fingerprint density at radius 3 is 2.71 bits per heavy atom. The summed E-state index contributed by atoms with van der Waals surface area (Å²) in [5.74, 6) is 2.03. The molecule has 1 unspecified atom stereocenters. The predicted molar refractivity (Wildman–Crippen MR) is 91.2 cm³/mol. The van der Waals surface area contributed by atoms with Crippen molar-refractivity contribution < 1.29 is 18.7 Å². The minimum absolute atomic E-state index is 0.311. The fourth-order valence-corrected chi connectivity index (χ4v) is 2.09. The molecule has 1 atom stereocenters. The molecule has 6 nitrogen and oxygen atoms in total. The average molecular weight is 332 g/mol. The zero-order valence-electron chi connectivity index (χ0n) is 14.8. The Morgan fingerprint density at radius 2 is 2.08 bits per heavy atom. The second kappa shape index (κ2) is 7.86. The van der Waals surface area contributed by atoms with E-state index >= 15 is 0 Å². The topological polar surface area (TPSA) is 73.6 Å². The van der Waals surface area contributed by atoms with Crippen molar-refractivity contribution in [2.45, 2.75) is 46.3 Å². The van der Waals surface area contributed by atoms with Crippen molar-refractivity contribution in [3.05, 3.63) is 41.6 Å². The zero-order chi connectivity index (χ0) is 17.7. The number of methoxy groups -OCH3 is 1. The number of hydrogen-bond acceptors (Lipinski definition) is 6. The summed E-state index contributed by atoms with van der Waals surface area (Å²) in [4.78, 5) is 15.8. The zero-order valence-corrected chi connectivity index (χ0v) is 14.8. The maximum atomic E-state index is 11.5. The molecule has 1 N–H and O–H groups in total. The van der Waals surface area contributed by atoms with E-state index in [1.165, 1.54) is 7.11 Å². The van der Waals surface area contributed by atoms with Gasteiger partial charge >= 0.3 is 5.97 Å². The summed E-state index contributed by atoms with van der Waals surface area (Å²) < 4.78 is 16.0. The monoisotopic (exact) mass is 332 g/mol. The number of esters is 1. The molecule has 1 aromatic carbocycles. The minimum Gasteiger partial charge on any atom is -0.479 e. The van der Waals surface area contributed by atoms with E-state index in [1.807, 2.05) is 25.1 Å². The Morgan fingerprint density at radius 1 is 1.33 bits per heavy atom. The summed E-state index contributed by atoms with van der Waals surface area (Å²) in [6, 6.07) is 5.72. The van der Waals surface area contributed by atoms with Crippen molar-refractivity contribution >= 4 is 11.7 Å². The van der Waals surface area contributed by atoms with Crippen LogP contribution in [0.15, 0.2) is 28.8 Å². The van der Waals surface area contributed by atoms with Crippen LogP contribution in [0.3, 0.4) is 0 Å². The van der Waals surface area contributed by atoms with Gasteiger partial charge in [-0.15, -0.1) is 0 Å². The maximum absolute atomic E-state index is 11.5. The Bertz CT molecular complexity index is 694. The number of oxazole rings is 1. The van der Waals surface area contributed by atoms with Crippen LogP contribution in [0.25, 0.3) is 0 Å². The molecule has 24 heavy (non-hydrogen) atoms. The minimum atomic E-state index is -0.663. The molecule has 1 heterocycles. The first-order chi connectivity index (χ1) is 11.4. The van der Waals surface area contributed by atoms with Crippen LogP contribution in [0.2, 0.25) is 0 Å². The van der Waals surface area contributed by atoms with Gasteiger partial charge in [0.2, 0.25) is 5.89 Å². The van der Waals surface area contributed by atoms with Gasteiger partial charge in [-0.1, -0.05) is 19.9 Å². The Labute approximate surface area is 142 Å². The van der Waals surface area contributed by atoms with E-state index in [1.54, 1.807) is 13.1 Å². The van der Waals surface area contributed by atoms with Gasteiger partial charge in [0, 0.05) is 17.7 Å². The molecule has 0 saturated carbocycles. The first kappa shape index (κ1) is 17.8. The highest BCUT2D eigenvalue weighted by atomic mass is 16.6. The molecule has 0 fully saturated rings. The van der Waals surface area contributed by atoms with Crippen LogP contribution in [0.4, 0.5) is 5.69 Å². The lowest BCUT2D eigenvalue weighted by Crippen LogP contribution is -2.25. The number of benzene rings is 1. The number of nitrogens with one attached hydrogen (secondary N) is 1. The summed E-state index contributed by atoms with van der Waals surface area (Å²) in [5, 5.41) is 3.24. The third-order valence-electron chi connectivity index (χ3n) is 3.61. The first-order valence-electron chi connectivity index (χ1n) is 7.94. The van der Waals surface area contributed by atoms with E-state index in [0.717, 1.165) is 17.0 Å². The van der Waals surface area contributed by atoms with Gasteiger partial charge in [0.25, 0.3) is 0 Å². The standard InChI is InChI=1S/C18H24N2O4/c1-11(2)16-9-20-17(24-16)10-19-14-7-6-12(3)15(8-14)23-13(4)18(21)22-5/h6-9,11,13,19H,10H2,1-5H3. The lowest BCUT2D eigenvalue weighted by Gasteiger charge is -2.15. The van der Waals surface area contributed by atoms with Crippen molar-refractivity contribution in [1.82, 2.24) is 4.98 Å². The molecule has 0 radical (unpaired) electrons. The number of rotatable bonds is 7. The van der Waals surface area contributed by atoms with Crippen LogP contribution in [0.5, 0.6) is 5.75 Å². The lowest BCUT2D eigenvalue weighted by molar-refractivity contribution is -0.147. The summed E-state index contributed by atoms with van der Waals surface area (Å²) in [5.41, 5.74) is 1.80. The van der Waals surface area contributed by atoms with Gasteiger partial charge in [-0.25, -0.2) is 9.78 Å². The van der Waals surface area contributed by atoms with E-state index < -0.39 is 12.1 Å². The van der Waals surface area contributed by atoms with Crippen molar-refractivity contribution in [3.8, 4) is 5.75 Å².